The van der Waals surface area contributed by atoms with Crippen LogP contribution >= 0.6 is 11.6 Å². The predicted octanol–water partition coefficient (Wildman–Crippen LogP) is 3.51. The van der Waals surface area contributed by atoms with Gasteiger partial charge in [-0.05, 0) is 31.5 Å². The average Bonchev–Trinajstić information content (AvgIpc) is 2.48. The fraction of sp³-hybridized carbons (Fsp3) is 0.267. The van der Waals surface area contributed by atoms with Crippen LogP contribution in [-0.2, 0) is 0 Å². The molecule has 0 spiro atoms. The van der Waals surface area contributed by atoms with Crippen LogP contribution in [0.3, 0.4) is 0 Å². The molecule has 0 aliphatic carbocycles. The summed E-state index contributed by atoms with van der Waals surface area (Å²) in [6.45, 7) is 4.73. The fourth-order valence-corrected chi connectivity index (χ4v) is 1.91. The van der Waals surface area contributed by atoms with E-state index in [1.165, 1.54) is 6.20 Å². The third kappa shape index (κ3) is 4.16. The number of pyridine rings is 2. The summed E-state index contributed by atoms with van der Waals surface area (Å²) in [4.78, 5) is 20.4. The summed E-state index contributed by atoms with van der Waals surface area (Å²) in [5.41, 5.74) is 1.93. The minimum absolute atomic E-state index is 0.267. The van der Waals surface area contributed by atoms with E-state index in [1.54, 1.807) is 18.3 Å². The Morgan fingerprint density at radius 1 is 1.29 bits per heavy atom. The topological polar surface area (TPSA) is 66.9 Å². The Hall–Kier alpha value is -2.14. The van der Waals surface area contributed by atoms with Gasteiger partial charge in [0.25, 0.3) is 5.91 Å². The third-order valence-electron chi connectivity index (χ3n) is 2.82. The molecule has 0 atom stereocenters. The smallest absolute Gasteiger partial charge is 0.257 e. The maximum Gasteiger partial charge on any atom is 0.257 e. The second-order valence-corrected chi connectivity index (χ2v) is 5.03. The van der Waals surface area contributed by atoms with Crippen molar-refractivity contribution in [3.8, 4) is 0 Å². The summed E-state index contributed by atoms with van der Waals surface area (Å²) < 4.78 is 0. The van der Waals surface area contributed by atoms with Crippen LogP contribution < -0.4 is 10.6 Å². The Labute approximate surface area is 128 Å². The van der Waals surface area contributed by atoms with Crippen molar-refractivity contribution in [3.63, 3.8) is 0 Å². The van der Waals surface area contributed by atoms with Gasteiger partial charge in [-0.1, -0.05) is 18.5 Å². The number of nitrogens with zero attached hydrogens (tertiary/aromatic N) is 2. The Bertz CT molecular complexity index is 628. The summed E-state index contributed by atoms with van der Waals surface area (Å²) in [5, 5.41) is 6.28. The highest BCUT2D eigenvalue weighted by Gasteiger charge is 2.10. The molecule has 0 unspecified atom stereocenters. The van der Waals surface area contributed by atoms with Gasteiger partial charge in [-0.3, -0.25) is 9.78 Å². The normalized spacial score (nSPS) is 10.2. The van der Waals surface area contributed by atoms with Crippen molar-refractivity contribution >= 4 is 29.0 Å². The Morgan fingerprint density at radius 2 is 2.10 bits per heavy atom. The molecule has 0 aliphatic rings. The lowest BCUT2D eigenvalue weighted by molar-refractivity contribution is 0.102. The number of carbonyl (C=O) groups is 1. The van der Waals surface area contributed by atoms with Crippen LogP contribution in [-0.4, -0.2) is 22.4 Å². The van der Waals surface area contributed by atoms with Gasteiger partial charge in [0.15, 0.2) is 0 Å². The maximum absolute atomic E-state index is 12.1. The van der Waals surface area contributed by atoms with E-state index < -0.39 is 0 Å². The molecule has 0 radical (unpaired) electrons. The largest absolute Gasteiger partial charge is 0.369 e. The number of rotatable bonds is 5. The van der Waals surface area contributed by atoms with Crippen LogP contribution in [0.5, 0.6) is 0 Å². The van der Waals surface area contributed by atoms with Crippen molar-refractivity contribution in [1.29, 1.82) is 0 Å². The van der Waals surface area contributed by atoms with Gasteiger partial charge >= 0.3 is 0 Å². The van der Waals surface area contributed by atoms with Crippen molar-refractivity contribution in [1.82, 2.24) is 9.97 Å². The standard InChI is InChI=1S/C15H17ClN4O/c1-3-6-17-14-13(16)7-11(8-19-14)15(21)20-12-5-4-10(2)18-9-12/h4-5,7-9H,3,6H2,1-2H3,(H,17,19)(H,20,21). The van der Waals surface area contributed by atoms with E-state index in [0.717, 1.165) is 18.7 Å². The molecule has 0 aliphatic heterocycles. The van der Waals surface area contributed by atoms with E-state index >= 15 is 0 Å². The summed E-state index contributed by atoms with van der Waals surface area (Å²) in [5.74, 6) is 0.323. The zero-order valence-electron chi connectivity index (χ0n) is 12.0. The first-order chi connectivity index (χ1) is 10.1. The van der Waals surface area contributed by atoms with E-state index in [2.05, 4.69) is 27.5 Å². The minimum Gasteiger partial charge on any atom is -0.369 e. The number of hydrogen-bond donors (Lipinski definition) is 2. The zero-order valence-corrected chi connectivity index (χ0v) is 12.7. The molecule has 0 saturated heterocycles. The maximum atomic E-state index is 12.1. The first-order valence-electron chi connectivity index (χ1n) is 6.73. The van der Waals surface area contributed by atoms with Crippen molar-refractivity contribution in [2.24, 2.45) is 0 Å². The van der Waals surface area contributed by atoms with Crippen molar-refractivity contribution < 1.29 is 4.79 Å². The molecule has 0 bridgehead atoms. The van der Waals surface area contributed by atoms with Crippen LogP contribution in [0.2, 0.25) is 5.02 Å². The van der Waals surface area contributed by atoms with E-state index in [0.29, 0.717) is 22.1 Å². The van der Waals surface area contributed by atoms with Crippen LogP contribution in [0.15, 0.2) is 30.6 Å². The van der Waals surface area contributed by atoms with Crippen LogP contribution in [0.4, 0.5) is 11.5 Å². The van der Waals surface area contributed by atoms with Gasteiger partial charge < -0.3 is 10.6 Å². The van der Waals surface area contributed by atoms with Gasteiger partial charge in [-0.25, -0.2) is 4.98 Å². The highest BCUT2D eigenvalue weighted by atomic mass is 35.5. The third-order valence-corrected chi connectivity index (χ3v) is 3.10. The fourth-order valence-electron chi connectivity index (χ4n) is 1.68. The van der Waals surface area contributed by atoms with Crippen molar-refractivity contribution in [2.75, 3.05) is 17.2 Å². The molecule has 6 heteroatoms. The monoisotopic (exact) mass is 304 g/mol. The SMILES string of the molecule is CCCNc1ncc(C(=O)Nc2ccc(C)nc2)cc1Cl. The molecule has 1 amide bonds. The molecule has 110 valence electrons. The first kappa shape index (κ1) is 15.3. The molecule has 0 fully saturated rings. The number of aryl methyl sites for hydroxylation is 1. The lowest BCUT2D eigenvalue weighted by Crippen LogP contribution is -2.13. The Kier molecular flexibility index (Phi) is 5.11. The van der Waals surface area contributed by atoms with E-state index in [9.17, 15) is 4.79 Å². The summed E-state index contributed by atoms with van der Waals surface area (Å²) >= 11 is 6.12. The number of aromatic nitrogens is 2. The van der Waals surface area contributed by atoms with Gasteiger partial charge in [0, 0.05) is 18.4 Å². The van der Waals surface area contributed by atoms with Crippen molar-refractivity contribution in [2.45, 2.75) is 20.3 Å². The van der Waals surface area contributed by atoms with Crippen LogP contribution in [0.25, 0.3) is 0 Å². The van der Waals surface area contributed by atoms with E-state index in [1.807, 2.05) is 13.0 Å². The number of hydrogen-bond acceptors (Lipinski definition) is 4. The zero-order chi connectivity index (χ0) is 15.2. The molecular formula is C15H17ClN4O. The van der Waals surface area contributed by atoms with Crippen LogP contribution in [0.1, 0.15) is 29.4 Å². The van der Waals surface area contributed by atoms with E-state index in [-0.39, 0.29) is 5.91 Å². The quantitative estimate of drug-likeness (QED) is 0.887. The second-order valence-electron chi connectivity index (χ2n) is 4.62. The van der Waals surface area contributed by atoms with Crippen LogP contribution in [0, 0.1) is 6.92 Å². The highest BCUT2D eigenvalue weighted by molar-refractivity contribution is 6.33. The van der Waals surface area contributed by atoms with E-state index in [4.69, 9.17) is 11.6 Å². The Balaban J connectivity index is 2.08. The molecule has 21 heavy (non-hydrogen) atoms. The number of nitrogens with one attached hydrogen (secondary N) is 2. The Morgan fingerprint density at radius 3 is 2.71 bits per heavy atom. The highest BCUT2D eigenvalue weighted by Crippen LogP contribution is 2.20. The minimum atomic E-state index is -0.267. The van der Waals surface area contributed by atoms with Gasteiger partial charge in [0.1, 0.15) is 5.82 Å². The molecule has 5 nitrogen and oxygen atoms in total. The first-order valence-corrected chi connectivity index (χ1v) is 7.11. The molecule has 2 N–H and O–H groups in total. The molecule has 0 aromatic carbocycles. The molecule has 2 aromatic heterocycles. The van der Waals surface area contributed by atoms with Gasteiger partial charge in [-0.15, -0.1) is 0 Å². The predicted molar refractivity (Wildman–Crippen MR) is 85.0 cm³/mol. The van der Waals surface area contributed by atoms with Gasteiger partial charge in [0.2, 0.25) is 0 Å². The number of anilines is 2. The number of carbonyl (C=O) groups excluding carboxylic acids is 1. The molecule has 2 aromatic rings. The summed E-state index contributed by atoms with van der Waals surface area (Å²) in [6, 6.07) is 5.23. The average molecular weight is 305 g/mol. The lowest BCUT2D eigenvalue weighted by Gasteiger charge is -2.08. The summed E-state index contributed by atoms with van der Waals surface area (Å²) in [6.07, 6.45) is 4.08. The second kappa shape index (κ2) is 7.04. The van der Waals surface area contributed by atoms with Crippen molar-refractivity contribution in [3.05, 3.63) is 46.9 Å². The molecule has 2 heterocycles. The molecule has 2 rings (SSSR count). The molecular weight excluding hydrogens is 288 g/mol. The number of halogens is 1. The lowest BCUT2D eigenvalue weighted by atomic mass is 10.2. The van der Waals surface area contributed by atoms with Gasteiger partial charge in [0.05, 0.1) is 22.5 Å². The van der Waals surface area contributed by atoms with Gasteiger partial charge in [-0.2, -0.15) is 0 Å². The summed E-state index contributed by atoms with van der Waals surface area (Å²) in [7, 11) is 0. The molecule has 0 saturated carbocycles. The number of amides is 1.